The van der Waals surface area contributed by atoms with Crippen LogP contribution in [0.5, 0.6) is 0 Å². The number of hydrogen-bond donors (Lipinski definition) is 2. The Labute approximate surface area is 276 Å². The Morgan fingerprint density at radius 3 is 1.28 bits per heavy atom. The Morgan fingerprint density at radius 1 is 0.609 bits per heavy atom. The Hall–Kier alpha value is -4.76. The Morgan fingerprint density at radius 2 is 0.957 bits per heavy atom. The van der Waals surface area contributed by atoms with Crippen LogP contribution < -0.4 is 11.5 Å². The van der Waals surface area contributed by atoms with Crippen molar-refractivity contribution in [3.8, 4) is 0 Å². The molecule has 46 heavy (non-hydrogen) atoms. The van der Waals surface area contributed by atoms with E-state index in [0.717, 1.165) is 34.5 Å². The van der Waals surface area contributed by atoms with Crippen molar-refractivity contribution in [2.45, 2.75) is 75.7 Å². The highest BCUT2D eigenvalue weighted by atomic mass is 35.5. The van der Waals surface area contributed by atoms with Gasteiger partial charge in [-0.1, -0.05) is 13.0 Å². The molecular formula is C36H45ClN4O5. The SMILES string of the molecule is CCc1ccc(N)cc1C.Cc1cc(N)cc(C)c1C.Cc1cc([N+](=O)[O-])cc(C)c1C.Cc1cc([N+](=O)[O-])cc(C)c1C(=O)Cl. The molecule has 0 aliphatic rings. The zero-order chi connectivity index (χ0) is 35.5. The molecule has 0 aliphatic heterocycles. The first-order valence-corrected chi connectivity index (χ1v) is 15.0. The maximum atomic E-state index is 11.0. The Balaban J connectivity index is 0.000000310. The molecule has 0 radical (unpaired) electrons. The number of non-ortho nitro benzene ring substituents is 2. The molecule has 10 heteroatoms. The normalized spacial score (nSPS) is 9.89. The number of benzene rings is 4. The molecule has 4 N–H and O–H groups in total. The fraction of sp³-hybridized carbons (Fsp3) is 0.306. The Kier molecular flexibility index (Phi) is 15.1. The molecule has 0 saturated carbocycles. The van der Waals surface area contributed by atoms with Crippen LogP contribution in [0.25, 0.3) is 0 Å². The number of carbonyl (C=O) groups excluding carboxylic acids is 1. The van der Waals surface area contributed by atoms with Crippen molar-refractivity contribution in [1.29, 1.82) is 0 Å². The van der Waals surface area contributed by atoms with E-state index in [9.17, 15) is 25.0 Å². The summed E-state index contributed by atoms with van der Waals surface area (Å²) in [6.45, 7) is 19.5. The summed E-state index contributed by atoms with van der Waals surface area (Å²) in [5.41, 5.74) is 24.1. The van der Waals surface area contributed by atoms with Crippen LogP contribution in [-0.4, -0.2) is 15.1 Å². The van der Waals surface area contributed by atoms with E-state index in [0.29, 0.717) is 16.7 Å². The van der Waals surface area contributed by atoms with Crippen LogP contribution in [0.1, 0.15) is 72.9 Å². The highest BCUT2D eigenvalue weighted by molar-refractivity contribution is 6.68. The number of rotatable bonds is 4. The van der Waals surface area contributed by atoms with Crippen molar-refractivity contribution in [3.63, 3.8) is 0 Å². The fourth-order valence-electron chi connectivity index (χ4n) is 4.66. The zero-order valence-electron chi connectivity index (χ0n) is 28.4. The lowest BCUT2D eigenvalue weighted by Crippen LogP contribution is -1.99. The minimum absolute atomic E-state index is 0.0262. The summed E-state index contributed by atoms with van der Waals surface area (Å²) < 4.78 is 0. The molecule has 0 saturated heterocycles. The number of nitro groups is 2. The summed E-state index contributed by atoms with van der Waals surface area (Å²) in [4.78, 5) is 31.0. The molecule has 0 aromatic heterocycles. The van der Waals surface area contributed by atoms with E-state index in [-0.39, 0.29) is 16.3 Å². The number of halogens is 1. The molecule has 4 aromatic carbocycles. The maximum absolute atomic E-state index is 11.0. The van der Waals surface area contributed by atoms with E-state index in [1.807, 2.05) is 45.0 Å². The second kappa shape index (κ2) is 17.7. The molecular weight excluding hydrogens is 604 g/mol. The number of nitrogens with two attached hydrogens (primary N) is 2. The van der Waals surface area contributed by atoms with Crippen LogP contribution in [0.3, 0.4) is 0 Å². The molecule has 4 rings (SSSR count). The minimum Gasteiger partial charge on any atom is -0.399 e. The van der Waals surface area contributed by atoms with Crippen molar-refractivity contribution in [2.24, 2.45) is 0 Å². The summed E-state index contributed by atoms with van der Waals surface area (Å²) >= 11 is 5.34. The molecule has 0 aliphatic carbocycles. The van der Waals surface area contributed by atoms with Gasteiger partial charge in [0.2, 0.25) is 0 Å². The van der Waals surface area contributed by atoms with Crippen LogP contribution >= 0.6 is 11.6 Å². The maximum Gasteiger partial charge on any atom is 0.270 e. The topological polar surface area (TPSA) is 155 Å². The number of carbonyl (C=O) groups is 1. The van der Waals surface area contributed by atoms with Crippen LogP contribution in [-0.2, 0) is 6.42 Å². The molecule has 4 aromatic rings. The zero-order valence-corrected chi connectivity index (χ0v) is 29.1. The van der Waals surface area contributed by atoms with Gasteiger partial charge in [0.15, 0.2) is 0 Å². The fourth-order valence-corrected chi connectivity index (χ4v) is 4.96. The molecule has 0 bridgehead atoms. The van der Waals surface area contributed by atoms with Crippen LogP contribution in [0.4, 0.5) is 22.7 Å². The van der Waals surface area contributed by atoms with E-state index < -0.39 is 10.2 Å². The molecule has 0 unspecified atom stereocenters. The van der Waals surface area contributed by atoms with E-state index >= 15 is 0 Å². The molecule has 246 valence electrons. The smallest absolute Gasteiger partial charge is 0.270 e. The predicted molar refractivity (Wildman–Crippen MR) is 190 cm³/mol. The number of hydrogen-bond acceptors (Lipinski definition) is 7. The quantitative estimate of drug-likeness (QED) is 0.0965. The molecule has 0 amide bonds. The minimum atomic E-state index is -0.588. The summed E-state index contributed by atoms with van der Waals surface area (Å²) in [6, 6.07) is 15.9. The molecule has 0 heterocycles. The van der Waals surface area contributed by atoms with E-state index in [1.165, 1.54) is 39.9 Å². The highest BCUT2D eigenvalue weighted by Crippen LogP contribution is 2.23. The number of nitro benzene ring substituents is 2. The first-order chi connectivity index (χ1) is 21.3. The van der Waals surface area contributed by atoms with Gasteiger partial charge in [0.1, 0.15) is 0 Å². The van der Waals surface area contributed by atoms with Crippen molar-refractivity contribution in [2.75, 3.05) is 11.5 Å². The highest BCUT2D eigenvalue weighted by Gasteiger charge is 2.15. The third kappa shape index (κ3) is 11.6. The molecule has 0 atom stereocenters. The third-order valence-electron chi connectivity index (χ3n) is 7.74. The number of aryl methyl sites for hydroxylation is 8. The number of nitrogens with zero attached hydrogens (tertiary/aromatic N) is 2. The van der Waals surface area contributed by atoms with E-state index in [4.69, 9.17) is 23.1 Å². The Bertz CT molecular complexity index is 1660. The van der Waals surface area contributed by atoms with Crippen LogP contribution in [0, 0.1) is 82.5 Å². The van der Waals surface area contributed by atoms with Gasteiger partial charge in [0.25, 0.3) is 16.6 Å². The third-order valence-corrected chi connectivity index (χ3v) is 7.93. The first-order valence-electron chi connectivity index (χ1n) is 14.7. The van der Waals surface area contributed by atoms with Gasteiger partial charge in [0, 0.05) is 41.2 Å². The van der Waals surface area contributed by atoms with Crippen molar-refractivity contribution in [3.05, 3.63) is 136 Å². The van der Waals surface area contributed by atoms with Gasteiger partial charge in [-0.3, -0.25) is 25.0 Å². The van der Waals surface area contributed by atoms with Gasteiger partial charge in [-0.15, -0.1) is 0 Å². The number of anilines is 2. The molecule has 0 spiro atoms. The first kappa shape index (κ1) is 39.3. The van der Waals surface area contributed by atoms with Crippen LogP contribution in [0.15, 0.2) is 54.6 Å². The summed E-state index contributed by atoms with van der Waals surface area (Å²) in [7, 11) is 0. The average molecular weight is 649 g/mol. The van der Waals surface area contributed by atoms with Crippen LogP contribution in [0.2, 0.25) is 0 Å². The van der Waals surface area contributed by atoms with Crippen molar-refractivity contribution >= 4 is 39.6 Å². The monoisotopic (exact) mass is 648 g/mol. The predicted octanol–water partition coefficient (Wildman–Crippen LogP) is 9.44. The summed E-state index contributed by atoms with van der Waals surface area (Å²) in [5.74, 6) is 0. The second-order valence-corrected chi connectivity index (χ2v) is 11.6. The average Bonchev–Trinajstić information content (AvgIpc) is 2.94. The van der Waals surface area contributed by atoms with Crippen molar-refractivity contribution in [1.82, 2.24) is 0 Å². The largest absolute Gasteiger partial charge is 0.399 e. The van der Waals surface area contributed by atoms with Crippen molar-refractivity contribution < 1.29 is 14.6 Å². The second-order valence-electron chi connectivity index (χ2n) is 11.3. The summed E-state index contributed by atoms with van der Waals surface area (Å²) in [6.07, 6.45) is 1.09. The number of nitrogen functional groups attached to an aromatic ring is 2. The van der Waals surface area contributed by atoms with Gasteiger partial charge in [-0.05, 0) is 160 Å². The lowest BCUT2D eigenvalue weighted by molar-refractivity contribution is -0.385. The van der Waals surface area contributed by atoms with E-state index in [1.54, 1.807) is 26.0 Å². The van der Waals surface area contributed by atoms with E-state index in [2.05, 4.69) is 40.7 Å². The summed E-state index contributed by atoms with van der Waals surface area (Å²) in [5, 5.41) is 20.3. The van der Waals surface area contributed by atoms with Gasteiger partial charge in [-0.25, -0.2) is 0 Å². The molecule has 9 nitrogen and oxygen atoms in total. The lowest BCUT2D eigenvalue weighted by atomic mass is 10.0. The van der Waals surface area contributed by atoms with Gasteiger partial charge >= 0.3 is 0 Å². The van der Waals surface area contributed by atoms with Gasteiger partial charge in [0.05, 0.1) is 9.85 Å². The standard InChI is InChI=1S/C9H8ClNO3.C9H11NO2.2C9H13N/c1-5-3-7(11(13)14)4-6(2)8(5)9(10)12;1-6-4-9(10(11)12)5-7(2)8(6)3;1-6-4-9(10)5-7(2)8(6)3;1-3-8-4-5-9(10)6-7(8)2/h3-4H,1-2H3;4-5H,1-3H3;4-5H,10H2,1-3H3;4-6H,3,10H2,1-2H3. The molecule has 0 fully saturated rings. The van der Waals surface area contributed by atoms with Gasteiger partial charge in [-0.2, -0.15) is 0 Å². The van der Waals surface area contributed by atoms with Gasteiger partial charge < -0.3 is 11.5 Å². The lowest BCUT2D eigenvalue weighted by Gasteiger charge is -2.04.